The summed E-state index contributed by atoms with van der Waals surface area (Å²) in [6.45, 7) is 3.01. The number of benzene rings is 1. The lowest BCUT2D eigenvalue weighted by molar-refractivity contribution is -0.147. The van der Waals surface area contributed by atoms with Crippen molar-refractivity contribution in [1.29, 1.82) is 5.26 Å². The van der Waals surface area contributed by atoms with E-state index >= 15 is 0 Å². The van der Waals surface area contributed by atoms with Gasteiger partial charge in [0.15, 0.2) is 0 Å². The maximum absolute atomic E-state index is 12.1. The number of ether oxygens (including phenoxy) is 1. The summed E-state index contributed by atoms with van der Waals surface area (Å²) in [5, 5.41) is 8.98. The summed E-state index contributed by atoms with van der Waals surface area (Å²) in [5.74, 6) is -0.260. The molecular weight excluding hydrogens is 240 g/mol. The Balaban J connectivity index is 2.37. The summed E-state index contributed by atoms with van der Waals surface area (Å²) in [7, 11) is 1.41. The molecule has 1 aliphatic heterocycles. The molecule has 0 amide bonds. The van der Waals surface area contributed by atoms with Crippen molar-refractivity contribution in [3.8, 4) is 6.07 Å². The Kier molecular flexibility index (Phi) is 4.18. The second-order valence-corrected chi connectivity index (χ2v) is 4.89. The van der Waals surface area contributed by atoms with Crippen molar-refractivity contribution in [2.75, 3.05) is 13.7 Å². The minimum atomic E-state index is -0.407. The van der Waals surface area contributed by atoms with Crippen LogP contribution >= 0.6 is 0 Å². The molecule has 0 aromatic heterocycles. The molecule has 19 heavy (non-hydrogen) atoms. The highest BCUT2D eigenvalue weighted by Crippen LogP contribution is 2.30. The van der Waals surface area contributed by atoms with Crippen molar-refractivity contribution < 1.29 is 9.53 Å². The van der Waals surface area contributed by atoms with Gasteiger partial charge in [-0.05, 0) is 44.0 Å². The van der Waals surface area contributed by atoms with Gasteiger partial charge >= 0.3 is 5.97 Å². The fourth-order valence-corrected chi connectivity index (χ4v) is 2.69. The first-order chi connectivity index (χ1) is 9.17. The summed E-state index contributed by atoms with van der Waals surface area (Å²) in [5.41, 5.74) is 1.40. The number of methoxy groups -OCH3 is 1. The minimum Gasteiger partial charge on any atom is -0.468 e. The SMILES string of the molecule is COC(=O)[C@H](c1cccc(C#N)c1)N1CCC[C@@H]1C. The molecular formula is C15H18N2O2. The standard InChI is InChI=1S/C15H18N2O2/c1-11-5-4-8-17(11)14(15(18)19-2)13-7-3-6-12(9-13)10-16/h3,6-7,9,11,14H,4-5,8H2,1-2H3/t11-,14-/m0/s1. The van der Waals surface area contributed by atoms with Gasteiger partial charge < -0.3 is 4.74 Å². The van der Waals surface area contributed by atoms with Gasteiger partial charge in [-0.15, -0.1) is 0 Å². The van der Waals surface area contributed by atoms with E-state index in [-0.39, 0.29) is 5.97 Å². The van der Waals surface area contributed by atoms with Crippen molar-refractivity contribution in [2.24, 2.45) is 0 Å². The number of nitriles is 1. The number of hydrogen-bond acceptors (Lipinski definition) is 4. The maximum atomic E-state index is 12.1. The summed E-state index contributed by atoms with van der Waals surface area (Å²) in [4.78, 5) is 14.3. The molecule has 0 saturated carbocycles. The molecule has 2 atom stereocenters. The van der Waals surface area contributed by atoms with Gasteiger partial charge in [0.1, 0.15) is 6.04 Å². The number of nitrogens with zero attached hydrogens (tertiary/aromatic N) is 2. The van der Waals surface area contributed by atoms with Crippen LogP contribution < -0.4 is 0 Å². The van der Waals surface area contributed by atoms with Crippen molar-refractivity contribution in [2.45, 2.75) is 31.8 Å². The molecule has 1 saturated heterocycles. The van der Waals surface area contributed by atoms with E-state index in [4.69, 9.17) is 10.00 Å². The number of likely N-dealkylation sites (tertiary alicyclic amines) is 1. The van der Waals surface area contributed by atoms with Crippen molar-refractivity contribution >= 4 is 5.97 Å². The Morgan fingerprint density at radius 2 is 2.37 bits per heavy atom. The van der Waals surface area contributed by atoms with Crippen LogP contribution in [0.2, 0.25) is 0 Å². The fourth-order valence-electron chi connectivity index (χ4n) is 2.69. The molecule has 0 radical (unpaired) electrons. The molecule has 0 bridgehead atoms. The lowest BCUT2D eigenvalue weighted by Gasteiger charge is -2.29. The lowest BCUT2D eigenvalue weighted by Crippen LogP contribution is -2.37. The van der Waals surface area contributed by atoms with Crippen LogP contribution in [0.5, 0.6) is 0 Å². The number of carbonyl (C=O) groups excluding carboxylic acids is 1. The molecule has 1 fully saturated rings. The zero-order valence-corrected chi connectivity index (χ0v) is 11.3. The number of rotatable bonds is 3. The van der Waals surface area contributed by atoms with Gasteiger partial charge in [-0.2, -0.15) is 5.26 Å². The van der Waals surface area contributed by atoms with E-state index in [1.54, 1.807) is 12.1 Å². The van der Waals surface area contributed by atoms with E-state index in [0.717, 1.165) is 24.9 Å². The molecule has 0 N–H and O–H groups in total. The van der Waals surface area contributed by atoms with Crippen molar-refractivity contribution in [3.63, 3.8) is 0 Å². The van der Waals surface area contributed by atoms with Crippen molar-refractivity contribution in [1.82, 2.24) is 4.90 Å². The van der Waals surface area contributed by atoms with E-state index in [0.29, 0.717) is 11.6 Å². The highest BCUT2D eigenvalue weighted by Gasteiger charge is 2.34. The first-order valence-corrected chi connectivity index (χ1v) is 6.51. The molecule has 2 rings (SSSR count). The summed E-state index contributed by atoms with van der Waals surface area (Å²) in [6, 6.07) is 9.26. The van der Waals surface area contributed by atoms with Crippen LogP contribution in [-0.4, -0.2) is 30.6 Å². The van der Waals surface area contributed by atoms with E-state index in [1.807, 2.05) is 12.1 Å². The second-order valence-electron chi connectivity index (χ2n) is 4.89. The average Bonchev–Trinajstić information content (AvgIpc) is 2.85. The van der Waals surface area contributed by atoms with E-state index in [9.17, 15) is 4.79 Å². The van der Waals surface area contributed by atoms with Crippen LogP contribution in [0.1, 0.15) is 36.9 Å². The Bertz CT molecular complexity index is 507. The average molecular weight is 258 g/mol. The van der Waals surface area contributed by atoms with Crippen LogP contribution in [0.25, 0.3) is 0 Å². The van der Waals surface area contributed by atoms with Gasteiger partial charge in [-0.25, -0.2) is 4.79 Å². The molecule has 1 heterocycles. The lowest BCUT2D eigenvalue weighted by atomic mass is 10.0. The van der Waals surface area contributed by atoms with Gasteiger partial charge in [0, 0.05) is 6.04 Å². The largest absolute Gasteiger partial charge is 0.468 e. The second kappa shape index (κ2) is 5.85. The third-order valence-corrected chi connectivity index (χ3v) is 3.69. The number of carbonyl (C=O) groups is 1. The molecule has 1 aliphatic rings. The quantitative estimate of drug-likeness (QED) is 0.780. The molecule has 100 valence electrons. The van der Waals surface area contributed by atoms with E-state index < -0.39 is 6.04 Å². The van der Waals surface area contributed by atoms with Gasteiger partial charge in [0.2, 0.25) is 0 Å². The monoisotopic (exact) mass is 258 g/mol. The first-order valence-electron chi connectivity index (χ1n) is 6.51. The Morgan fingerprint density at radius 1 is 1.58 bits per heavy atom. The molecule has 1 aromatic carbocycles. The summed E-state index contributed by atoms with van der Waals surface area (Å²) in [6.07, 6.45) is 2.18. The molecule has 4 heteroatoms. The minimum absolute atomic E-state index is 0.260. The van der Waals surface area contributed by atoms with Crippen LogP contribution in [0, 0.1) is 11.3 Å². The summed E-state index contributed by atoms with van der Waals surface area (Å²) >= 11 is 0. The fraction of sp³-hybridized carbons (Fsp3) is 0.467. The molecule has 1 aromatic rings. The molecule has 0 spiro atoms. The number of esters is 1. The smallest absolute Gasteiger partial charge is 0.327 e. The highest BCUT2D eigenvalue weighted by molar-refractivity contribution is 5.77. The topological polar surface area (TPSA) is 53.3 Å². The predicted molar refractivity (Wildman–Crippen MR) is 71.3 cm³/mol. The van der Waals surface area contributed by atoms with Gasteiger partial charge in [-0.1, -0.05) is 12.1 Å². The van der Waals surface area contributed by atoms with Crippen LogP contribution in [0.3, 0.4) is 0 Å². The highest BCUT2D eigenvalue weighted by atomic mass is 16.5. The summed E-state index contributed by atoms with van der Waals surface area (Å²) < 4.78 is 4.94. The van der Waals surface area contributed by atoms with Crippen LogP contribution in [0.15, 0.2) is 24.3 Å². The molecule has 0 aliphatic carbocycles. The molecule has 4 nitrogen and oxygen atoms in total. The Hall–Kier alpha value is -1.86. The maximum Gasteiger partial charge on any atom is 0.327 e. The van der Waals surface area contributed by atoms with E-state index in [2.05, 4.69) is 17.9 Å². The third-order valence-electron chi connectivity index (χ3n) is 3.69. The molecule has 0 unspecified atom stereocenters. The Morgan fingerprint density at radius 3 is 2.95 bits per heavy atom. The van der Waals surface area contributed by atoms with Crippen LogP contribution in [-0.2, 0) is 9.53 Å². The van der Waals surface area contributed by atoms with Crippen LogP contribution in [0.4, 0.5) is 0 Å². The predicted octanol–water partition coefficient (Wildman–Crippen LogP) is 2.26. The van der Waals surface area contributed by atoms with Crippen molar-refractivity contribution in [3.05, 3.63) is 35.4 Å². The normalized spacial score (nSPS) is 20.8. The zero-order chi connectivity index (χ0) is 13.8. The van der Waals surface area contributed by atoms with Gasteiger partial charge in [0.25, 0.3) is 0 Å². The van der Waals surface area contributed by atoms with E-state index in [1.165, 1.54) is 7.11 Å². The van der Waals surface area contributed by atoms with Gasteiger partial charge in [0.05, 0.1) is 18.7 Å². The first kappa shape index (κ1) is 13.6. The number of hydrogen-bond donors (Lipinski definition) is 0. The zero-order valence-electron chi connectivity index (χ0n) is 11.3. The third kappa shape index (κ3) is 2.77. The van der Waals surface area contributed by atoms with Gasteiger partial charge in [-0.3, -0.25) is 4.90 Å². The Labute approximate surface area is 113 Å².